The SMILES string of the molecule is O=C(NC1CCCc2c1cnn2-c1ccc(F)cc1)c1cscn1. The normalized spacial score (nSPS) is 16.6. The molecule has 0 fully saturated rings. The third-order valence-electron chi connectivity index (χ3n) is 4.22. The van der Waals surface area contributed by atoms with E-state index in [1.165, 1.54) is 23.5 Å². The number of fused-ring (bicyclic) bond motifs is 1. The molecule has 1 aliphatic carbocycles. The average Bonchev–Trinajstić information content (AvgIpc) is 3.26. The molecule has 1 aliphatic rings. The second-order valence-electron chi connectivity index (χ2n) is 5.73. The van der Waals surface area contributed by atoms with Crippen LogP contribution in [-0.4, -0.2) is 20.7 Å². The van der Waals surface area contributed by atoms with Crippen LogP contribution in [0.4, 0.5) is 4.39 Å². The molecule has 3 aromatic rings. The average molecular weight is 342 g/mol. The summed E-state index contributed by atoms with van der Waals surface area (Å²) in [6.45, 7) is 0. The summed E-state index contributed by atoms with van der Waals surface area (Å²) >= 11 is 1.40. The predicted octanol–water partition coefficient (Wildman–Crippen LogP) is 3.28. The van der Waals surface area contributed by atoms with Crippen molar-refractivity contribution < 1.29 is 9.18 Å². The Morgan fingerprint density at radius 2 is 2.17 bits per heavy atom. The topological polar surface area (TPSA) is 59.8 Å². The Bertz CT molecular complexity index is 857. The summed E-state index contributed by atoms with van der Waals surface area (Å²) in [5.41, 5.74) is 5.00. The monoisotopic (exact) mass is 342 g/mol. The van der Waals surface area contributed by atoms with E-state index in [1.54, 1.807) is 29.2 Å². The second kappa shape index (κ2) is 6.16. The van der Waals surface area contributed by atoms with Gasteiger partial charge >= 0.3 is 0 Å². The van der Waals surface area contributed by atoms with Crippen molar-refractivity contribution in [2.24, 2.45) is 0 Å². The molecule has 0 aliphatic heterocycles. The third-order valence-corrected chi connectivity index (χ3v) is 4.81. The minimum Gasteiger partial charge on any atom is -0.344 e. The number of hydrogen-bond donors (Lipinski definition) is 1. The number of thiazole rings is 1. The summed E-state index contributed by atoms with van der Waals surface area (Å²) in [6, 6.07) is 6.19. The van der Waals surface area contributed by atoms with Gasteiger partial charge in [-0.3, -0.25) is 4.79 Å². The fraction of sp³-hybridized carbons (Fsp3) is 0.235. The van der Waals surface area contributed by atoms with Gasteiger partial charge in [-0.1, -0.05) is 0 Å². The summed E-state index contributed by atoms with van der Waals surface area (Å²) in [6.07, 6.45) is 4.51. The van der Waals surface area contributed by atoms with Gasteiger partial charge in [-0.25, -0.2) is 14.1 Å². The van der Waals surface area contributed by atoms with Crippen LogP contribution in [0.25, 0.3) is 5.69 Å². The van der Waals surface area contributed by atoms with E-state index >= 15 is 0 Å². The molecule has 1 N–H and O–H groups in total. The Kier molecular flexibility index (Phi) is 3.86. The summed E-state index contributed by atoms with van der Waals surface area (Å²) < 4.78 is 15.0. The summed E-state index contributed by atoms with van der Waals surface area (Å²) in [5, 5.41) is 9.23. The summed E-state index contributed by atoms with van der Waals surface area (Å²) in [5.74, 6) is -0.434. The Labute approximate surface area is 142 Å². The minimum atomic E-state index is -0.270. The van der Waals surface area contributed by atoms with Gasteiger partial charge in [0.2, 0.25) is 0 Å². The highest BCUT2D eigenvalue weighted by Crippen LogP contribution is 2.31. The maximum Gasteiger partial charge on any atom is 0.271 e. The van der Waals surface area contributed by atoms with Crippen LogP contribution in [0.1, 0.15) is 40.6 Å². The molecule has 5 nitrogen and oxygen atoms in total. The van der Waals surface area contributed by atoms with Crippen LogP contribution in [0.15, 0.2) is 41.4 Å². The fourth-order valence-corrected chi connectivity index (χ4v) is 3.60. The molecule has 2 aromatic heterocycles. The Hall–Kier alpha value is -2.54. The van der Waals surface area contributed by atoms with E-state index in [0.717, 1.165) is 36.2 Å². The first-order valence-electron chi connectivity index (χ1n) is 7.74. The second-order valence-corrected chi connectivity index (χ2v) is 6.45. The zero-order valence-electron chi connectivity index (χ0n) is 12.8. The number of hydrogen-bond acceptors (Lipinski definition) is 4. The predicted molar refractivity (Wildman–Crippen MR) is 88.8 cm³/mol. The molecule has 1 atom stereocenters. The van der Waals surface area contributed by atoms with Crippen LogP contribution in [0.2, 0.25) is 0 Å². The smallest absolute Gasteiger partial charge is 0.271 e. The van der Waals surface area contributed by atoms with Crippen LogP contribution in [0.5, 0.6) is 0 Å². The molecule has 0 spiro atoms. The van der Waals surface area contributed by atoms with Crippen molar-refractivity contribution in [1.82, 2.24) is 20.1 Å². The number of carbonyl (C=O) groups excluding carboxylic acids is 1. The molecule has 0 bridgehead atoms. The van der Waals surface area contributed by atoms with Crippen LogP contribution < -0.4 is 5.32 Å². The number of aromatic nitrogens is 3. The highest BCUT2D eigenvalue weighted by atomic mass is 32.1. The molecule has 24 heavy (non-hydrogen) atoms. The van der Waals surface area contributed by atoms with Gasteiger partial charge in [-0.2, -0.15) is 5.10 Å². The van der Waals surface area contributed by atoms with Gasteiger partial charge in [-0.15, -0.1) is 11.3 Å². The van der Waals surface area contributed by atoms with E-state index in [0.29, 0.717) is 5.69 Å². The quantitative estimate of drug-likeness (QED) is 0.795. The number of rotatable bonds is 3. The van der Waals surface area contributed by atoms with Crippen molar-refractivity contribution in [1.29, 1.82) is 0 Å². The molecule has 0 radical (unpaired) electrons. The van der Waals surface area contributed by atoms with Gasteiger partial charge in [0.15, 0.2) is 0 Å². The number of carbonyl (C=O) groups is 1. The van der Waals surface area contributed by atoms with Crippen molar-refractivity contribution in [3.8, 4) is 5.69 Å². The lowest BCUT2D eigenvalue weighted by Crippen LogP contribution is -2.31. The van der Waals surface area contributed by atoms with Crippen LogP contribution in [0, 0.1) is 5.82 Å². The molecule has 122 valence electrons. The van der Waals surface area contributed by atoms with E-state index in [9.17, 15) is 9.18 Å². The van der Waals surface area contributed by atoms with Gasteiger partial charge in [0.25, 0.3) is 5.91 Å². The van der Waals surface area contributed by atoms with E-state index in [4.69, 9.17) is 0 Å². The minimum absolute atomic E-state index is 0.0721. The zero-order chi connectivity index (χ0) is 16.5. The molecular weight excluding hydrogens is 327 g/mol. The first-order valence-corrected chi connectivity index (χ1v) is 8.68. The van der Waals surface area contributed by atoms with E-state index in [1.807, 2.05) is 4.68 Å². The fourth-order valence-electron chi connectivity index (χ4n) is 3.07. The Balaban J connectivity index is 1.62. The van der Waals surface area contributed by atoms with Crippen molar-refractivity contribution in [2.75, 3.05) is 0 Å². The molecule has 0 saturated carbocycles. The molecule has 4 rings (SSSR count). The first kappa shape index (κ1) is 15.0. The number of amides is 1. The Morgan fingerprint density at radius 1 is 1.33 bits per heavy atom. The van der Waals surface area contributed by atoms with Crippen molar-refractivity contribution >= 4 is 17.2 Å². The molecular formula is C17H15FN4OS. The lowest BCUT2D eigenvalue weighted by molar-refractivity contribution is 0.0928. The number of benzene rings is 1. The number of halogens is 1. The van der Waals surface area contributed by atoms with E-state index in [-0.39, 0.29) is 17.8 Å². The number of nitrogens with zero attached hydrogens (tertiary/aromatic N) is 3. The summed E-state index contributed by atoms with van der Waals surface area (Å²) in [4.78, 5) is 16.3. The molecule has 0 saturated heterocycles. The lowest BCUT2D eigenvalue weighted by atomic mass is 9.92. The lowest BCUT2D eigenvalue weighted by Gasteiger charge is -2.24. The molecule has 1 unspecified atom stereocenters. The zero-order valence-corrected chi connectivity index (χ0v) is 13.6. The summed E-state index contributed by atoms with van der Waals surface area (Å²) in [7, 11) is 0. The number of nitrogens with one attached hydrogen (secondary N) is 1. The maximum atomic E-state index is 13.1. The van der Waals surface area contributed by atoms with Crippen LogP contribution in [-0.2, 0) is 6.42 Å². The molecule has 7 heteroatoms. The standard InChI is InChI=1S/C17H15FN4OS/c18-11-4-6-12(7-5-11)22-16-3-1-2-14(13(16)8-20-22)21-17(23)15-9-24-10-19-15/h4-10,14H,1-3H2,(H,21,23). The largest absolute Gasteiger partial charge is 0.344 e. The van der Waals surface area contributed by atoms with Crippen molar-refractivity contribution in [3.05, 3.63) is 64.1 Å². The van der Waals surface area contributed by atoms with Crippen molar-refractivity contribution in [2.45, 2.75) is 25.3 Å². The van der Waals surface area contributed by atoms with Gasteiger partial charge < -0.3 is 5.32 Å². The molecule has 2 heterocycles. The Morgan fingerprint density at radius 3 is 2.92 bits per heavy atom. The first-order chi connectivity index (χ1) is 11.7. The van der Waals surface area contributed by atoms with Gasteiger partial charge in [0.1, 0.15) is 11.5 Å². The molecule has 1 amide bonds. The third kappa shape index (κ3) is 2.71. The van der Waals surface area contributed by atoms with Crippen LogP contribution in [0.3, 0.4) is 0 Å². The van der Waals surface area contributed by atoms with E-state index in [2.05, 4.69) is 15.4 Å². The van der Waals surface area contributed by atoms with Gasteiger partial charge in [0, 0.05) is 16.6 Å². The van der Waals surface area contributed by atoms with Gasteiger partial charge in [0.05, 0.1) is 23.4 Å². The highest BCUT2D eigenvalue weighted by Gasteiger charge is 2.26. The van der Waals surface area contributed by atoms with Crippen molar-refractivity contribution in [3.63, 3.8) is 0 Å². The van der Waals surface area contributed by atoms with Gasteiger partial charge in [-0.05, 0) is 43.5 Å². The molecule has 1 aromatic carbocycles. The van der Waals surface area contributed by atoms with E-state index < -0.39 is 0 Å². The van der Waals surface area contributed by atoms with Crippen LogP contribution >= 0.6 is 11.3 Å². The highest BCUT2D eigenvalue weighted by molar-refractivity contribution is 7.07. The maximum absolute atomic E-state index is 13.1.